The van der Waals surface area contributed by atoms with Crippen LogP contribution in [0.4, 0.5) is 0 Å². The van der Waals surface area contributed by atoms with Gasteiger partial charge in [0, 0.05) is 18.0 Å². The molecule has 130 valence electrons. The fourth-order valence-corrected chi connectivity index (χ4v) is 2.91. The van der Waals surface area contributed by atoms with Crippen LogP contribution >= 0.6 is 0 Å². The molecule has 0 amide bonds. The number of hydrogen-bond donors (Lipinski definition) is 0. The highest BCUT2D eigenvalue weighted by Gasteiger charge is 2.11. The van der Waals surface area contributed by atoms with Gasteiger partial charge in [-0.3, -0.25) is 8.97 Å². The summed E-state index contributed by atoms with van der Waals surface area (Å²) in [5.41, 5.74) is 4.15. The molecule has 26 heavy (non-hydrogen) atoms. The van der Waals surface area contributed by atoms with Crippen molar-refractivity contribution in [2.75, 3.05) is 0 Å². The lowest BCUT2D eigenvalue weighted by atomic mass is 10.2. The number of para-hydroxylation sites is 1. The maximum Gasteiger partial charge on any atom is 0.338 e. The van der Waals surface area contributed by atoms with E-state index in [1.807, 2.05) is 74.6 Å². The van der Waals surface area contributed by atoms with Crippen molar-refractivity contribution in [1.29, 1.82) is 0 Å². The van der Waals surface area contributed by atoms with Gasteiger partial charge in [-0.2, -0.15) is 0 Å². The average Bonchev–Trinajstić information content (AvgIpc) is 3.10. The molecule has 4 rings (SSSR count). The normalized spacial score (nSPS) is 11.0. The summed E-state index contributed by atoms with van der Waals surface area (Å²) in [7, 11) is 0. The molecule has 0 atom stereocenters. The van der Waals surface area contributed by atoms with Crippen molar-refractivity contribution in [3.63, 3.8) is 0 Å². The molecule has 0 unspecified atom stereocenters. The lowest BCUT2D eigenvalue weighted by Gasteiger charge is -2.08. The van der Waals surface area contributed by atoms with Crippen LogP contribution in [0.15, 0.2) is 71.8 Å². The van der Waals surface area contributed by atoms with E-state index in [4.69, 9.17) is 4.74 Å². The molecule has 0 aliphatic carbocycles. The molecule has 0 aliphatic heterocycles. The van der Waals surface area contributed by atoms with Crippen molar-refractivity contribution in [2.45, 2.75) is 20.5 Å². The summed E-state index contributed by atoms with van der Waals surface area (Å²) in [6, 6.07) is 17.4. The molecular formula is C21H19N3O2. The quantitative estimate of drug-likeness (QED) is 0.567. The van der Waals surface area contributed by atoms with Crippen molar-refractivity contribution >= 4 is 5.65 Å². The van der Waals surface area contributed by atoms with Crippen molar-refractivity contribution in [3.05, 3.63) is 94.3 Å². The average molecular weight is 345 g/mol. The molecule has 0 saturated heterocycles. The Hall–Kier alpha value is -3.34. The summed E-state index contributed by atoms with van der Waals surface area (Å²) in [6.07, 6.45) is 3.58. The Labute approximate surface area is 151 Å². The monoisotopic (exact) mass is 345 g/mol. The second-order valence-corrected chi connectivity index (χ2v) is 6.33. The number of imidazole rings is 1. The molecule has 5 heteroatoms. The lowest BCUT2D eigenvalue weighted by molar-refractivity contribution is 0.302. The van der Waals surface area contributed by atoms with E-state index in [2.05, 4.69) is 4.98 Å². The largest absolute Gasteiger partial charge is 0.487 e. The van der Waals surface area contributed by atoms with Crippen molar-refractivity contribution in [1.82, 2.24) is 14.0 Å². The standard InChI is InChI=1S/C21H19N3O2/c1-15-8-10-18(11-9-15)23-12-16(2)20-22-17(13-24(20)21(23)25)14-26-19-6-4-3-5-7-19/h3-13H,14H2,1-2H3. The van der Waals surface area contributed by atoms with E-state index in [1.54, 1.807) is 15.2 Å². The van der Waals surface area contributed by atoms with Crippen LogP contribution in [0.2, 0.25) is 0 Å². The summed E-state index contributed by atoms with van der Waals surface area (Å²) in [5.74, 6) is 0.776. The molecular weight excluding hydrogens is 326 g/mol. The Balaban J connectivity index is 1.71. The van der Waals surface area contributed by atoms with Crippen LogP contribution in [-0.4, -0.2) is 14.0 Å². The number of rotatable bonds is 4. The van der Waals surface area contributed by atoms with Gasteiger partial charge in [-0.15, -0.1) is 0 Å². The Morgan fingerprint density at radius 3 is 2.42 bits per heavy atom. The number of ether oxygens (including phenoxy) is 1. The first-order valence-corrected chi connectivity index (χ1v) is 8.47. The highest BCUT2D eigenvalue weighted by molar-refractivity contribution is 5.48. The highest BCUT2D eigenvalue weighted by atomic mass is 16.5. The molecule has 0 radical (unpaired) electrons. The zero-order chi connectivity index (χ0) is 18.1. The minimum Gasteiger partial charge on any atom is -0.487 e. The summed E-state index contributed by atoms with van der Waals surface area (Å²) < 4.78 is 8.97. The minimum atomic E-state index is -0.145. The predicted octanol–water partition coefficient (Wildman–Crippen LogP) is 3.68. The van der Waals surface area contributed by atoms with Crippen LogP contribution in [0.5, 0.6) is 5.75 Å². The molecule has 2 aromatic heterocycles. The Bertz CT molecular complexity index is 1110. The summed E-state index contributed by atoms with van der Waals surface area (Å²) in [4.78, 5) is 17.5. The van der Waals surface area contributed by atoms with Crippen LogP contribution in [0.25, 0.3) is 11.3 Å². The highest BCUT2D eigenvalue weighted by Crippen LogP contribution is 2.14. The minimum absolute atomic E-state index is 0.145. The maximum absolute atomic E-state index is 12.9. The van der Waals surface area contributed by atoms with Gasteiger partial charge in [0.25, 0.3) is 0 Å². The van der Waals surface area contributed by atoms with Gasteiger partial charge in [0.05, 0.1) is 11.4 Å². The Kier molecular flexibility index (Phi) is 4.05. The molecule has 0 spiro atoms. The number of aryl methyl sites for hydroxylation is 2. The van der Waals surface area contributed by atoms with Gasteiger partial charge in [0.2, 0.25) is 0 Å². The SMILES string of the molecule is Cc1ccc(-n2cc(C)c3nc(COc4ccccc4)cn3c2=O)cc1. The van der Waals surface area contributed by atoms with Gasteiger partial charge in [0.1, 0.15) is 18.0 Å². The molecule has 0 aliphatic rings. The van der Waals surface area contributed by atoms with Gasteiger partial charge in [-0.1, -0.05) is 35.9 Å². The predicted molar refractivity (Wildman–Crippen MR) is 101 cm³/mol. The lowest BCUT2D eigenvalue weighted by Crippen LogP contribution is -2.25. The zero-order valence-electron chi connectivity index (χ0n) is 14.7. The van der Waals surface area contributed by atoms with E-state index in [0.29, 0.717) is 12.3 Å². The molecule has 2 aromatic carbocycles. The maximum atomic E-state index is 12.9. The number of hydrogen-bond acceptors (Lipinski definition) is 3. The van der Waals surface area contributed by atoms with E-state index in [9.17, 15) is 4.79 Å². The van der Waals surface area contributed by atoms with Gasteiger partial charge >= 0.3 is 5.69 Å². The summed E-state index contributed by atoms with van der Waals surface area (Å²) in [6.45, 7) is 4.29. The second-order valence-electron chi connectivity index (χ2n) is 6.33. The van der Waals surface area contributed by atoms with E-state index < -0.39 is 0 Å². The first-order chi connectivity index (χ1) is 12.6. The number of fused-ring (bicyclic) bond motifs is 1. The molecule has 0 fully saturated rings. The van der Waals surface area contributed by atoms with Crippen molar-refractivity contribution in [3.8, 4) is 11.4 Å². The number of benzene rings is 2. The Morgan fingerprint density at radius 2 is 1.69 bits per heavy atom. The molecule has 2 heterocycles. The van der Waals surface area contributed by atoms with Gasteiger partial charge in [0.15, 0.2) is 0 Å². The number of nitrogens with zero attached hydrogens (tertiary/aromatic N) is 3. The van der Waals surface area contributed by atoms with E-state index in [0.717, 1.165) is 28.3 Å². The van der Waals surface area contributed by atoms with Gasteiger partial charge < -0.3 is 4.74 Å². The van der Waals surface area contributed by atoms with Crippen molar-refractivity contribution in [2.24, 2.45) is 0 Å². The van der Waals surface area contributed by atoms with Crippen LogP contribution in [-0.2, 0) is 6.61 Å². The topological polar surface area (TPSA) is 48.5 Å². The first kappa shape index (κ1) is 16.1. The van der Waals surface area contributed by atoms with Crippen molar-refractivity contribution < 1.29 is 4.74 Å². The van der Waals surface area contributed by atoms with Gasteiger partial charge in [-0.05, 0) is 38.1 Å². The number of aromatic nitrogens is 3. The first-order valence-electron chi connectivity index (χ1n) is 8.47. The summed E-state index contributed by atoms with van der Waals surface area (Å²) >= 11 is 0. The third-order valence-corrected chi connectivity index (χ3v) is 4.29. The third kappa shape index (κ3) is 2.99. The van der Waals surface area contributed by atoms with Crippen LogP contribution in [0.1, 0.15) is 16.8 Å². The summed E-state index contributed by atoms with van der Waals surface area (Å²) in [5, 5.41) is 0. The molecule has 0 saturated carbocycles. The zero-order valence-corrected chi connectivity index (χ0v) is 14.7. The van der Waals surface area contributed by atoms with E-state index in [1.165, 1.54) is 0 Å². The van der Waals surface area contributed by atoms with Crippen LogP contribution in [0, 0.1) is 13.8 Å². The van der Waals surface area contributed by atoms with E-state index in [-0.39, 0.29) is 5.69 Å². The second kappa shape index (κ2) is 6.52. The molecule has 4 aromatic rings. The Morgan fingerprint density at radius 1 is 0.962 bits per heavy atom. The molecule has 5 nitrogen and oxygen atoms in total. The molecule has 0 bridgehead atoms. The van der Waals surface area contributed by atoms with Crippen LogP contribution in [0.3, 0.4) is 0 Å². The van der Waals surface area contributed by atoms with Crippen LogP contribution < -0.4 is 10.4 Å². The fraction of sp³-hybridized carbons (Fsp3) is 0.143. The molecule has 0 N–H and O–H groups in total. The fourth-order valence-electron chi connectivity index (χ4n) is 2.91. The van der Waals surface area contributed by atoms with Gasteiger partial charge in [-0.25, -0.2) is 9.78 Å². The smallest absolute Gasteiger partial charge is 0.338 e. The third-order valence-electron chi connectivity index (χ3n) is 4.29. The van der Waals surface area contributed by atoms with E-state index >= 15 is 0 Å².